The van der Waals surface area contributed by atoms with Crippen molar-refractivity contribution in [3.8, 4) is 22.5 Å². The average Bonchev–Trinajstić information content (AvgIpc) is 3.22. The summed E-state index contributed by atoms with van der Waals surface area (Å²) in [7, 11) is 0. The van der Waals surface area contributed by atoms with Gasteiger partial charge in [0.25, 0.3) is 0 Å². The van der Waals surface area contributed by atoms with Crippen LogP contribution < -0.4 is 5.73 Å². The molecule has 5 heteroatoms. The molecule has 4 aromatic rings. The van der Waals surface area contributed by atoms with Gasteiger partial charge in [-0.1, -0.05) is 54.1 Å². The second-order valence-electron chi connectivity index (χ2n) is 6.66. The van der Waals surface area contributed by atoms with Gasteiger partial charge in [0.15, 0.2) is 5.65 Å². The lowest BCUT2D eigenvalue weighted by atomic mass is 10.0. The van der Waals surface area contributed by atoms with Gasteiger partial charge < -0.3 is 5.73 Å². The topological polar surface area (TPSA) is 56.2 Å². The van der Waals surface area contributed by atoms with E-state index in [2.05, 4.69) is 35.4 Å². The number of hydrogen-bond acceptors (Lipinski definition) is 3. The fourth-order valence-corrected chi connectivity index (χ4v) is 3.90. The largest absolute Gasteiger partial charge is 0.324 e. The highest BCUT2D eigenvalue weighted by Crippen LogP contribution is 2.36. The molecular weight excluding hydrogens is 344 g/mol. The Morgan fingerprint density at radius 1 is 1.00 bits per heavy atom. The lowest BCUT2D eigenvalue weighted by molar-refractivity contribution is 0.713. The number of imidazole rings is 1. The van der Waals surface area contributed by atoms with Gasteiger partial charge in [-0.3, -0.25) is 0 Å². The Bertz CT molecular complexity index is 1120. The highest BCUT2D eigenvalue weighted by molar-refractivity contribution is 6.29. The average molecular weight is 361 g/mol. The Labute approximate surface area is 156 Å². The second-order valence-corrected chi connectivity index (χ2v) is 7.05. The minimum absolute atomic E-state index is 0.147. The number of halogens is 1. The summed E-state index contributed by atoms with van der Waals surface area (Å²) in [6.07, 6.45) is 2.02. The zero-order chi connectivity index (χ0) is 17.7. The van der Waals surface area contributed by atoms with E-state index in [0.29, 0.717) is 5.15 Å². The lowest BCUT2D eigenvalue weighted by Gasteiger charge is -2.08. The van der Waals surface area contributed by atoms with Crippen LogP contribution in [-0.2, 0) is 6.42 Å². The van der Waals surface area contributed by atoms with Crippen molar-refractivity contribution in [3.05, 3.63) is 76.9 Å². The van der Waals surface area contributed by atoms with E-state index in [9.17, 15) is 0 Å². The minimum Gasteiger partial charge on any atom is -0.324 e. The van der Waals surface area contributed by atoms with Crippen molar-refractivity contribution in [2.45, 2.75) is 18.9 Å². The molecule has 2 aromatic heterocycles. The molecule has 0 saturated heterocycles. The van der Waals surface area contributed by atoms with Gasteiger partial charge in [-0.25, -0.2) is 9.50 Å². The van der Waals surface area contributed by atoms with Crippen molar-refractivity contribution in [3.63, 3.8) is 0 Å². The molecule has 2 heterocycles. The number of aryl methyl sites for hydroxylation is 1. The quantitative estimate of drug-likeness (QED) is 0.565. The van der Waals surface area contributed by atoms with Crippen LogP contribution in [0.3, 0.4) is 0 Å². The summed E-state index contributed by atoms with van der Waals surface area (Å²) in [5.41, 5.74) is 13.5. The van der Waals surface area contributed by atoms with Crippen molar-refractivity contribution in [1.29, 1.82) is 0 Å². The minimum atomic E-state index is 0.147. The Morgan fingerprint density at radius 2 is 1.85 bits per heavy atom. The Kier molecular flexibility index (Phi) is 3.55. The van der Waals surface area contributed by atoms with Crippen molar-refractivity contribution in [1.82, 2.24) is 14.6 Å². The van der Waals surface area contributed by atoms with Crippen LogP contribution in [0.1, 0.15) is 23.6 Å². The first kappa shape index (κ1) is 15.6. The van der Waals surface area contributed by atoms with Gasteiger partial charge in [0, 0.05) is 17.2 Å². The van der Waals surface area contributed by atoms with Gasteiger partial charge in [-0.05, 0) is 42.2 Å². The highest BCUT2D eigenvalue weighted by atomic mass is 35.5. The molecule has 5 rings (SSSR count). The smallest absolute Gasteiger partial charge is 0.155 e. The van der Waals surface area contributed by atoms with E-state index in [1.165, 1.54) is 11.1 Å². The lowest BCUT2D eigenvalue weighted by Crippen LogP contribution is -2.04. The fraction of sp³-hybridized carbons (Fsp3) is 0.143. The van der Waals surface area contributed by atoms with Crippen molar-refractivity contribution in [2.24, 2.45) is 5.73 Å². The molecule has 1 atom stereocenters. The zero-order valence-corrected chi connectivity index (χ0v) is 14.8. The number of nitrogens with two attached hydrogens (primary N) is 1. The van der Waals surface area contributed by atoms with Gasteiger partial charge in [-0.15, -0.1) is 0 Å². The summed E-state index contributed by atoms with van der Waals surface area (Å²) < 4.78 is 1.83. The van der Waals surface area contributed by atoms with Gasteiger partial charge in [-0.2, -0.15) is 5.10 Å². The maximum absolute atomic E-state index is 6.19. The van der Waals surface area contributed by atoms with Crippen molar-refractivity contribution >= 4 is 17.2 Å². The van der Waals surface area contributed by atoms with Crippen LogP contribution >= 0.6 is 11.6 Å². The highest BCUT2D eigenvalue weighted by Gasteiger charge is 2.22. The summed E-state index contributed by atoms with van der Waals surface area (Å²) in [5, 5.41) is 4.93. The van der Waals surface area contributed by atoms with E-state index < -0.39 is 0 Å². The third kappa shape index (κ3) is 2.42. The first-order valence-electron chi connectivity index (χ1n) is 8.70. The van der Waals surface area contributed by atoms with Gasteiger partial charge in [0.05, 0.1) is 5.69 Å². The SMILES string of the molecule is N[C@H]1CCc2cc(-c3nc4ccc(Cl)nn4c3-c3ccccc3)ccc21. The van der Waals surface area contributed by atoms with Crippen LogP contribution in [0, 0.1) is 0 Å². The van der Waals surface area contributed by atoms with Crippen LogP contribution in [0.2, 0.25) is 5.15 Å². The van der Waals surface area contributed by atoms with E-state index >= 15 is 0 Å². The number of benzene rings is 2. The van der Waals surface area contributed by atoms with E-state index in [0.717, 1.165) is 41.0 Å². The monoisotopic (exact) mass is 360 g/mol. The molecule has 0 bridgehead atoms. The molecule has 4 nitrogen and oxygen atoms in total. The summed E-state index contributed by atoms with van der Waals surface area (Å²) in [6, 6.07) is 20.5. The number of nitrogens with zero attached hydrogens (tertiary/aromatic N) is 3. The Hall–Kier alpha value is -2.69. The first-order chi connectivity index (χ1) is 12.7. The van der Waals surface area contributed by atoms with Crippen LogP contribution in [0.5, 0.6) is 0 Å². The normalized spacial score (nSPS) is 16.2. The van der Waals surface area contributed by atoms with E-state index in [1.54, 1.807) is 6.07 Å². The molecule has 128 valence electrons. The van der Waals surface area contributed by atoms with Gasteiger partial charge >= 0.3 is 0 Å². The molecule has 0 aliphatic heterocycles. The van der Waals surface area contributed by atoms with Gasteiger partial charge in [0.2, 0.25) is 0 Å². The number of aromatic nitrogens is 3. The molecule has 0 saturated carbocycles. The molecule has 0 spiro atoms. The Morgan fingerprint density at radius 3 is 2.69 bits per heavy atom. The maximum Gasteiger partial charge on any atom is 0.155 e. The van der Waals surface area contributed by atoms with Crippen LogP contribution in [-0.4, -0.2) is 14.6 Å². The molecule has 2 N–H and O–H groups in total. The van der Waals surface area contributed by atoms with E-state index in [-0.39, 0.29) is 6.04 Å². The summed E-state index contributed by atoms with van der Waals surface area (Å²) >= 11 is 6.15. The molecule has 0 fully saturated rings. The molecule has 26 heavy (non-hydrogen) atoms. The number of fused-ring (bicyclic) bond motifs is 2. The van der Waals surface area contributed by atoms with E-state index in [4.69, 9.17) is 22.3 Å². The van der Waals surface area contributed by atoms with Crippen LogP contribution in [0.15, 0.2) is 60.7 Å². The molecule has 0 amide bonds. The molecule has 2 aromatic carbocycles. The number of rotatable bonds is 2. The molecule has 0 unspecified atom stereocenters. The van der Waals surface area contributed by atoms with Crippen LogP contribution in [0.4, 0.5) is 0 Å². The third-order valence-electron chi connectivity index (χ3n) is 5.03. The summed E-state index contributed by atoms with van der Waals surface area (Å²) in [5.74, 6) is 0. The molecule has 1 aliphatic rings. The second kappa shape index (κ2) is 5.94. The first-order valence-corrected chi connectivity index (χ1v) is 9.08. The fourth-order valence-electron chi connectivity index (χ4n) is 3.77. The van der Waals surface area contributed by atoms with Crippen molar-refractivity contribution in [2.75, 3.05) is 0 Å². The molecule has 0 radical (unpaired) electrons. The van der Waals surface area contributed by atoms with E-state index in [1.807, 2.05) is 28.8 Å². The third-order valence-corrected chi connectivity index (χ3v) is 5.23. The van der Waals surface area contributed by atoms with Crippen molar-refractivity contribution < 1.29 is 0 Å². The maximum atomic E-state index is 6.19. The predicted octanol–water partition coefficient (Wildman–Crippen LogP) is 4.66. The summed E-state index contributed by atoms with van der Waals surface area (Å²) in [4.78, 5) is 4.86. The standard InChI is InChI=1S/C21H17ClN4/c22-18-10-11-19-24-20(15-6-8-16-14(12-15)7-9-17(16)23)21(26(19)25-18)13-4-2-1-3-5-13/h1-6,8,10-12,17H,7,9,23H2/t17-/m0/s1. The van der Waals surface area contributed by atoms with Crippen LogP contribution in [0.25, 0.3) is 28.2 Å². The predicted molar refractivity (Wildman–Crippen MR) is 104 cm³/mol. The zero-order valence-electron chi connectivity index (χ0n) is 14.1. The summed E-state index contributed by atoms with van der Waals surface area (Å²) in [6.45, 7) is 0. The Balaban J connectivity index is 1.78. The van der Waals surface area contributed by atoms with Gasteiger partial charge in [0.1, 0.15) is 10.8 Å². The molecular formula is C21H17ClN4. The number of hydrogen-bond donors (Lipinski definition) is 1. The molecule has 1 aliphatic carbocycles.